The number of ether oxygens (including phenoxy) is 2. The average Bonchev–Trinajstić information content (AvgIpc) is 3.30. The molecule has 0 saturated heterocycles. The molecule has 1 heterocycles. The molecule has 0 aliphatic carbocycles. The van der Waals surface area contributed by atoms with Gasteiger partial charge in [-0.3, -0.25) is 4.79 Å². The molecule has 2 atom stereocenters. The Kier molecular flexibility index (Phi) is 8.79. The van der Waals surface area contributed by atoms with Crippen molar-refractivity contribution in [3.63, 3.8) is 0 Å². The van der Waals surface area contributed by atoms with Crippen LogP contribution in [0.3, 0.4) is 0 Å². The van der Waals surface area contributed by atoms with Crippen molar-refractivity contribution in [1.82, 2.24) is 4.90 Å². The first-order chi connectivity index (χ1) is 17.9. The molecular weight excluding hydrogens is 532 g/mol. The molecule has 1 N–H and O–H groups in total. The maximum atomic E-state index is 13.8. The Morgan fingerprint density at radius 2 is 1.78 bits per heavy atom. The van der Waals surface area contributed by atoms with E-state index in [1.54, 1.807) is 19.0 Å². The molecule has 0 radical (unpaired) electrons. The van der Waals surface area contributed by atoms with E-state index in [-0.39, 0.29) is 12.5 Å². The van der Waals surface area contributed by atoms with Gasteiger partial charge in [-0.2, -0.15) is 0 Å². The number of carbonyl (C=O) groups is 1. The Bertz CT molecular complexity index is 1260. The molecular formula is C30H31BrN2O4. The van der Waals surface area contributed by atoms with Crippen LogP contribution < -0.4 is 4.74 Å². The maximum absolute atomic E-state index is 13.8. The van der Waals surface area contributed by atoms with Crippen molar-refractivity contribution in [3.05, 3.63) is 106 Å². The molecule has 37 heavy (non-hydrogen) atoms. The van der Waals surface area contributed by atoms with Crippen molar-refractivity contribution in [1.29, 1.82) is 0 Å². The molecule has 1 aliphatic heterocycles. The van der Waals surface area contributed by atoms with E-state index in [0.29, 0.717) is 31.1 Å². The zero-order valence-corrected chi connectivity index (χ0v) is 22.6. The second-order valence-electron chi connectivity index (χ2n) is 9.03. The molecule has 192 valence electrons. The lowest BCUT2D eigenvalue weighted by atomic mass is 9.84. The van der Waals surface area contributed by atoms with E-state index in [4.69, 9.17) is 19.6 Å². The smallest absolute Gasteiger partial charge is 0.254 e. The van der Waals surface area contributed by atoms with Crippen LogP contribution in [-0.2, 0) is 9.53 Å². The predicted octanol–water partition coefficient (Wildman–Crippen LogP) is 5.66. The molecule has 7 heteroatoms. The van der Waals surface area contributed by atoms with Gasteiger partial charge in [0, 0.05) is 49.1 Å². The van der Waals surface area contributed by atoms with Crippen LogP contribution in [-0.4, -0.2) is 54.7 Å². The summed E-state index contributed by atoms with van der Waals surface area (Å²) in [7, 11) is 3.49. The summed E-state index contributed by atoms with van der Waals surface area (Å²) in [5.41, 5.74) is 1.47. The highest BCUT2D eigenvalue weighted by Crippen LogP contribution is 2.45. The molecule has 4 rings (SSSR count). The third kappa shape index (κ3) is 6.12. The van der Waals surface area contributed by atoms with E-state index in [2.05, 4.69) is 15.9 Å². The normalized spacial score (nSPS) is 18.9. The van der Waals surface area contributed by atoms with Crippen molar-refractivity contribution >= 4 is 33.8 Å². The minimum atomic E-state index is -1.19. The zero-order valence-electron chi connectivity index (χ0n) is 21.0. The number of carbonyl (C=O) groups excluding carboxylic acids is 1. The summed E-state index contributed by atoms with van der Waals surface area (Å²) >= 11 is 3.66. The molecule has 0 fully saturated rings. The molecule has 0 spiro atoms. The quantitative estimate of drug-likeness (QED) is 0.324. The Hall–Kier alpha value is -3.42. The van der Waals surface area contributed by atoms with Gasteiger partial charge in [0.2, 0.25) is 5.90 Å². The van der Waals surface area contributed by atoms with Gasteiger partial charge in [-0.15, -0.1) is 0 Å². The van der Waals surface area contributed by atoms with E-state index < -0.39 is 11.6 Å². The number of halogens is 1. The number of hydrogen-bond donors (Lipinski definition) is 1. The van der Waals surface area contributed by atoms with E-state index in [0.717, 1.165) is 21.2 Å². The summed E-state index contributed by atoms with van der Waals surface area (Å²) in [6, 6.07) is 25.2. The van der Waals surface area contributed by atoms with Crippen LogP contribution in [0.4, 0.5) is 0 Å². The summed E-state index contributed by atoms with van der Waals surface area (Å²) < 4.78 is 13.0. The van der Waals surface area contributed by atoms with Crippen LogP contribution in [0.5, 0.6) is 5.75 Å². The Labute approximate surface area is 226 Å². The lowest BCUT2D eigenvalue weighted by Crippen LogP contribution is -2.47. The molecule has 1 aliphatic rings. The number of aliphatic hydroxyl groups excluding tert-OH is 1. The van der Waals surface area contributed by atoms with E-state index in [9.17, 15) is 4.79 Å². The second kappa shape index (κ2) is 12.2. The number of benzene rings is 3. The van der Waals surface area contributed by atoms with Crippen molar-refractivity contribution in [2.75, 3.05) is 27.3 Å². The number of amides is 1. The van der Waals surface area contributed by atoms with Gasteiger partial charge in [0.05, 0.1) is 6.61 Å². The fourth-order valence-electron chi connectivity index (χ4n) is 4.29. The van der Waals surface area contributed by atoms with Gasteiger partial charge >= 0.3 is 0 Å². The molecule has 0 bridgehead atoms. The lowest BCUT2D eigenvalue weighted by molar-refractivity contribution is -0.137. The molecule has 3 aromatic rings. The van der Waals surface area contributed by atoms with E-state index in [1.807, 2.05) is 91.0 Å². The first kappa shape index (κ1) is 26.6. The summed E-state index contributed by atoms with van der Waals surface area (Å²) in [4.78, 5) is 20.4. The van der Waals surface area contributed by atoms with Gasteiger partial charge in [0.1, 0.15) is 5.75 Å². The van der Waals surface area contributed by atoms with Gasteiger partial charge < -0.3 is 19.5 Å². The maximum Gasteiger partial charge on any atom is 0.254 e. The van der Waals surface area contributed by atoms with Crippen LogP contribution in [0.15, 0.2) is 94.4 Å². The number of likely N-dealkylation sites (N-methyl/N-ethyl adjacent to an activating group) is 1. The minimum Gasteiger partial charge on any atom is -0.494 e. The van der Waals surface area contributed by atoms with Gasteiger partial charge in [-0.05, 0) is 35.9 Å². The minimum absolute atomic E-state index is 0.0832. The Morgan fingerprint density at radius 1 is 1.08 bits per heavy atom. The molecule has 0 unspecified atom stereocenters. The summed E-state index contributed by atoms with van der Waals surface area (Å²) in [6.07, 6.45) is 4.30. The predicted molar refractivity (Wildman–Crippen MR) is 150 cm³/mol. The van der Waals surface area contributed by atoms with Crippen LogP contribution >= 0.6 is 15.9 Å². The standard InChI is InChI=1S/C30H31BrN2O4/c1-33(2)29(35)30(19-8-12-22-10-4-3-5-11-22)27(25-13-6-7-14-26(25)31)37-28(32-30)23-15-17-24(18-16-23)36-21-9-20-34/h3-8,10-18,27,34H,9,19-21H2,1-2H3/b12-8+/t27-,30-/m1/s1. The Balaban J connectivity index is 1.74. The van der Waals surface area contributed by atoms with Crippen LogP contribution in [0.1, 0.15) is 35.6 Å². The summed E-state index contributed by atoms with van der Waals surface area (Å²) in [5.74, 6) is 0.968. The Morgan fingerprint density at radius 3 is 2.46 bits per heavy atom. The SMILES string of the molecule is CN(C)C(=O)[C@]1(C/C=C/c2ccccc2)N=C(c2ccc(OCCCO)cc2)O[C@@H]1c1ccccc1Br. The molecule has 1 amide bonds. The van der Waals surface area contributed by atoms with Gasteiger partial charge in [0.15, 0.2) is 11.6 Å². The van der Waals surface area contributed by atoms with Crippen molar-refractivity contribution < 1.29 is 19.4 Å². The monoisotopic (exact) mass is 562 g/mol. The van der Waals surface area contributed by atoms with E-state index in [1.165, 1.54) is 0 Å². The van der Waals surface area contributed by atoms with E-state index >= 15 is 0 Å². The second-order valence-corrected chi connectivity index (χ2v) is 9.88. The van der Waals surface area contributed by atoms with Crippen molar-refractivity contribution in [2.45, 2.75) is 24.5 Å². The van der Waals surface area contributed by atoms with Gasteiger partial charge in [-0.25, -0.2) is 4.99 Å². The number of nitrogens with zero attached hydrogens (tertiary/aromatic N) is 2. The third-order valence-corrected chi connectivity index (χ3v) is 6.86. The van der Waals surface area contributed by atoms with Crippen molar-refractivity contribution in [3.8, 4) is 5.75 Å². The highest BCUT2D eigenvalue weighted by atomic mass is 79.9. The highest BCUT2D eigenvalue weighted by Gasteiger charge is 2.53. The number of aliphatic hydroxyl groups is 1. The fourth-order valence-corrected chi connectivity index (χ4v) is 4.78. The highest BCUT2D eigenvalue weighted by molar-refractivity contribution is 9.10. The van der Waals surface area contributed by atoms with Crippen LogP contribution in [0.25, 0.3) is 6.08 Å². The molecule has 3 aromatic carbocycles. The number of hydrogen-bond acceptors (Lipinski definition) is 5. The number of rotatable bonds is 10. The van der Waals surface area contributed by atoms with Crippen LogP contribution in [0, 0.1) is 0 Å². The van der Waals surface area contributed by atoms with Gasteiger partial charge in [-0.1, -0.05) is 76.6 Å². The van der Waals surface area contributed by atoms with Crippen molar-refractivity contribution in [2.24, 2.45) is 4.99 Å². The van der Waals surface area contributed by atoms with Crippen LogP contribution in [0.2, 0.25) is 0 Å². The zero-order chi connectivity index (χ0) is 26.3. The number of aliphatic imine (C=N–C) groups is 1. The molecule has 0 saturated carbocycles. The summed E-state index contributed by atoms with van der Waals surface area (Å²) in [5, 5.41) is 8.98. The molecule has 0 aromatic heterocycles. The topological polar surface area (TPSA) is 71.4 Å². The lowest BCUT2D eigenvalue weighted by Gasteiger charge is -2.32. The first-order valence-electron chi connectivity index (χ1n) is 12.2. The molecule has 6 nitrogen and oxygen atoms in total. The largest absolute Gasteiger partial charge is 0.494 e. The van der Waals surface area contributed by atoms with Gasteiger partial charge in [0.25, 0.3) is 5.91 Å². The fraction of sp³-hybridized carbons (Fsp3) is 0.267. The summed E-state index contributed by atoms with van der Waals surface area (Å²) in [6.45, 7) is 0.519. The average molecular weight is 563 g/mol. The third-order valence-electron chi connectivity index (χ3n) is 6.14. The first-order valence-corrected chi connectivity index (χ1v) is 13.0.